The highest BCUT2D eigenvalue weighted by Gasteiger charge is 2.09. The third-order valence-corrected chi connectivity index (χ3v) is 3.96. The molecule has 1 amide bonds. The Kier molecular flexibility index (Phi) is 5.90. The first kappa shape index (κ1) is 16.4. The second kappa shape index (κ2) is 7.90. The first-order valence-electron chi connectivity index (χ1n) is 7.20. The molecule has 2 rings (SSSR count). The van der Waals surface area contributed by atoms with Crippen molar-refractivity contribution in [3.63, 3.8) is 0 Å². The van der Waals surface area contributed by atoms with Crippen LogP contribution in [0, 0.1) is 6.92 Å². The third-order valence-electron chi connectivity index (χ3n) is 3.30. The maximum atomic E-state index is 11.9. The van der Waals surface area contributed by atoms with Gasteiger partial charge in [0, 0.05) is 22.9 Å². The highest BCUT2D eigenvalue weighted by molar-refractivity contribution is 9.10. The van der Waals surface area contributed by atoms with Gasteiger partial charge in [-0.2, -0.15) is 0 Å². The molecule has 114 valence electrons. The van der Waals surface area contributed by atoms with E-state index in [-0.39, 0.29) is 11.7 Å². The van der Waals surface area contributed by atoms with Gasteiger partial charge in [0.25, 0.3) is 0 Å². The average Bonchev–Trinajstić information content (AvgIpc) is 2.51. The zero-order chi connectivity index (χ0) is 15.9. The summed E-state index contributed by atoms with van der Waals surface area (Å²) in [6, 6.07) is 14.9. The van der Waals surface area contributed by atoms with E-state index in [1.165, 1.54) is 0 Å². The number of halogens is 1. The molecule has 0 aliphatic rings. The van der Waals surface area contributed by atoms with Gasteiger partial charge in [-0.1, -0.05) is 36.4 Å². The Morgan fingerprint density at radius 3 is 2.45 bits per heavy atom. The maximum Gasteiger partial charge on any atom is 0.224 e. The van der Waals surface area contributed by atoms with E-state index < -0.39 is 0 Å². The molecule has 0 unspecified atom stereocenters. The smallest absolute Gasteiger partial charge is 0.224 e. The Morgan fingerprint density at radius 1 is 1.05 bits per heavy atom. The van der Waals surface area contributed by atoms with Gasteiger partial charge in [0.1, 0.15) is 0 Å². The second-order valence-electron chi connectivity index (χ2n) is 5.17. The summed E-state index contributed by atoms with van der Waals surface area (Å²) in [5.41, 5.74) is 2.58. The van der Waals surface area contributed by atoms with Crippen LogP contribution in [-0.4, -0.2) is 11.7 Å². The Bertz CT molecular complexity index is 668. The zero-order valence-electron chi connectivity index (χ0n) is 12.4. The van der Waals surface area contributed by atoms with Gasteiger partial charge >= 0.3 is 0 Å². The predicted octanol–water partition coefficient (Wildman–Crippen LogP) is 4.75. The Labute approximate surface area is 138 Å². The normalized spacial score (nSPS) is 10.3. The van der Waals surface area contributed by atoms with Gasteiger partial charge in [0.05, 0.1) is 5.69 Å². The van der Waals surface area contributed by atoms with Gasteiger partial charge in [0.15, 0.2) is 5.78 Å². The van der Waals surface area contributed by atoms with E-state index in [1.807, 2.05) is 43.3 Å². The summed E-state index contributed by atoms with van der Waals surface area (Å²) in [7, 11) is 0. The number of hydrogen-bond donors (Lipinski definition) is 1. The summed E-state index contributed by atoms with van der Waals surface area (Å²) in [4.78, 5) is 23.9. The lowest BCUT2D eigenvalue weighted by Gasteiger charge is -2.08. The fourth-order valence-corrected chi connectivity index (χ4v) is 2.70. The van der Waals surface area contributed by atoms with E-state index in [1.54, 1.807) is 12.1 Å². The molecule has 0 atom stereocenters. The van der Waals surface area contributed by atoms with Gasteiger partial charge in [-0.15, -0.1) is 0 Å². The van der Waals surface area contributed by atoms with Crippen molar-refractivity contribution < 1.29 is 9.59 Å². The minimum absolute atomic E-state index is 0.0740. The number of aryl methyl sites for hydroxylation is 1. The molecular formula is C18H18BrNO2. The molecule has 0 aliphatic carbocycles. The van der Waals surface area contributed by atoms with Crippen LogP contribution in [0.1, 0.15) is 35.2 Å². The molecule has 0 aromatic heterocycles. The zero-order valence-corrected chi connectivity index (χ0v) is 14.0. The van der Waals surface area contributed by atoms with Crippen LogP contribution >= 0.6 is 15.9 Å². The number of Topliss-reactive ketones (excluding diaryl/α,β-unsaturated/α-hetero) is 1. The topological polar surface area (TPSA) is 46.2 Å². The SMILES string of the molecule is Cc1ccc(NC(=O)CCCC(=O)c2ccccc2)c(Br)c1. The number of hydrogen-bond acceptors (Lipinski definition) is 2. The second-order valence-corrected chi connectivity index (χ2v) is 6.03. The minimum atomic E-state index is -0.0783. The van der Waals surface area contributed by atoms with E-state index in [0.29, 0.717) is 24.8 Å². The number of ketones is 1. The Hall–Kier alpha value is -1.94. The van der Waals surface area contributed by atoms with Crippen LogP contribution in [0.2, 0.25) is 0 Å². The summed E-state index contributed by atoms with van der Waals surface area (Å²) >= 11 is 3.43. The number of anilines is 1. The van der Waals surface area contributed by atoms with Crippen molar-refractivity contribution >= 4 is 33.3 Å². The largest absolute Gasteiger partial charge is 0.325 e. The average molecular weight is 360 g/mol. The van der Waals surface area contributed by atoms with E-state index in [9.17, 15) is 9.59 Å². The summed E-state index contributed by atoms with van der Waals surface area (Å²) in [5.74, 6) is -0.00432. The molecule has 22 heavy (non-hydrogen) atoms. The summed E-state index contributed by atoms with van der Waals surface area (Å²) in [5, 5.41) is 2.85. The summed E-state index contributed by atoms with van der Waals surface area (Å²) in [6.45, 7) is 1.99. The number of nitrogens with one attached hydrogen (secondary N) is 1. The Balaban J connectivity index is 1.80. The number of benzene rings is 2. The van der Waals surface area contributed by atoms with Crippen LogP contribution in [0.3, 0.4) is 0 Å². The molecule has 0 fully saturated rings. The first-order chi connectivity index (χ1) is 10.6. The van der Waals surface area contributed by atoms with Crippen molar-refractivity contribution in [3.8, 4) is 0 Å². The van der Waals surface area contributed by atoms with Crippen molar-refractivity contribution in [1.82, 2.24) is 0 Å². The van der Waals surface area contributed by atoms with Gasteiger partial charge in [-0.3, -0.25) is 9.59 Å². The molecular weight excluding hydrogens is 342 g/mol. The number of amides is 1. The van der Waals surface area contributed by atoms with E-state index in [2.05, 4.69) is 21.2 Å². The molecule has 1 N–H and O–H groups in total. The van der Waals surface area contributed by atoms with Crippen molar-refractivity contribution in [3.05, 3.63) is 64.1 Å². The maximum absolute atomic E-state index is 11.9. The molecule has 4 heteroatoms. The lowest BCUT2D eigenvalue weighted by molar-refractivity contribution is -0.116. The van der Waals surface area contributed by atoms with Crippen LogP contribution < -0.4 is 5.32 Å². The van der Waals surface area contributed by atoms with E-state index >= 15 is 0 Å². The summed E-state index contributed by atoms with van der Waals surface area (Å²) in [6.07, 6.45) is 1.26. The van der Waals surface area contributed by atoms with Gasteiger partial charge in [0.2, 0.25) is 5.91 Å². The van der Waals surface area contributed by atoms with E-state index in [0.717, 1.165) is 15.7 Å². The quantitative estimate of drug-likeness (QED) is 0.756. The Morgan fingerprint density at radius 2 is 1.77 bits per heavy atom. The lowest BCUT2D eigenvalue weighted by atomic mass is 10.1. The summed E-state index contributed by atoms with van der Waals surface area (Å²) < 4.78 is 0.862. The fraction of sp³-hybridized carbons (Fsp3) is 0.222. The molecule has 0 saturated heterocycles. The lowest BCUT2D eigenvalue weighted by Crippen LogP contribution is -2.12. The molecule has 2 aromatic carbocycles. The number of carbonyl (C=O) groups excluding carboxylic acids is 2. The monoisotopic (exact) mass is 359 g/mol. The van der Waals surface area contributed by atoms with Gasteiger partial charge < -0.3 is 5.32 Å². The molecule has 0 bridgehead atoms. The van der Waals surface area contributed by atoms with Crippen molar-refractivity contribution in [1.29, 1.82) is 0 Å². The van der Waals surface area contributed by atoms with Crippen molar-refractivity contribution in [2.24, 2.45) is 0 Å². The van der Waals surface area contributed by atoms with Crippen LogP contribution in [0.15, 0.2) is 53.0 Å². The van der Waals surface area contributed by atoms with Gasteiger partial charge in [-0.05, 0) is 47.0 Å². The molecule has 0 spiro atoms. The van der Waals surface area contributed by atoms with Crippen LogP contribution in [0.5, 0.6) is 0 Å². The molecule has 3 nitrogen and oxygen atoms in total. The predicted molar refractivity (Wildman–Crippen MR) is 92.1 cm³/mol. The fourth-order valence-electron chi connectivity index (χ4n) is 2.11. The molecule has 0 aliphatic heterocycles. The van der Waals surface area contributed by atoms with E-state index in [4.69, 9.17) is 0 Å². The highest BCUT2D eigenvalue weighted by atomic mass is 79.9. The van der Waals surface area contributed by atoms with Crippen LogP contribution in [-0.2, 0) is 4.79 Å². The van der Waals surface area contributed by atoms with Crippen molar-refractivity contribution in [2.45, 2.75) is 26.2 Å². The molecule has 0 radical (unpaired) electrons. The first-order valence-corrected chi connectivity index (χ1v) is 8.00. The number of carbonyl (C=O) groups is 2. The van der Waals surface area contributed by atoms with Crippen LogP contribution in [0.25, 0.3) is 0 Å². The van der Waals surface area contributed by atoms with Crippen LogP contribution in [0.4, 0.5) is 5.69 Å². The van der Waals surface area contributed by atoms with Crippen molar-refractivity contribution in [2.75, 3.05) is 5.32 Å². The number of rotatable bonds is 6. The molecule has 0 saturated carbocycles. The highest BCUT2D eigenvalue weighted by Crippen LogP contribution is 2.23. The minimum Gasteiger partial charge on any atom is -0.325 e. The standard InChI is InChI=1S/C18H18BrNO2/c1-13-10-11-16(15(19)12-13)20-18(22)9-5-8-17(21)14-6-3-2-4-7-14/h2-4,6-7,10-12H,5,8-9H2,1H3,(H,20,22). The molecule has 2 aromatic rings. The molecule has 0 heterocycles. The third kappa shape index (κ3) is 4.81. The van der Waals surface area contributed by atoms with Gasteiger partial charge in [-0.25, -0.2) is 0 Å².